The van der Waals surface area contributed by atoms with Crippen LogP contribution in [-0.4, -0.2) is 50.2 Å². The van der Waals surface area contributed by atoms with E-state index in [-0.39, 0.29) is 0 Å². The second-order valence-corrected chi connectivity index (χ2v) is 8.18. The first-order chi connectivity index (χ1) is 14.5. The zero-order valence-electron chi connectivity index (χ0n) is 17.7. The predicted octanol–water partition coefficient (Wildman–Crippen LogP) is 3.62. The van der Waals surface area contributed by atoms with Crippen molar-refractivity contribution < 1.29 is 11.6 Å². The van der Waals surface area contributed by atoms with Crippen LogP contribution in [0.1, 0.15) is 5.56 Å². The van der Waals surface area contributed by atoms with Crippen LogP contribution in [0, 0.1) is 18.5 Å². The molecule has 156 valence electrons. The Hall–Kier alpha value is -2.99. The molecule has 30 heavy (non-hydrogen) atoms. The molecule has 0 atom stereocenters. The first-order valence-electron chi connectivity index (χ1n) is 10.2. The van der Waals surface area contributed by atoms with E-state index in [1.165, 1.54) is 5.56 Å². The fourth-order valence-electron chi connectivity index (χ4n) is 3.51. The smallest absolute Gasteiger partial charge is 0.248 e. The summed E-state index contributed by atoms with van der Waals surface area (Å²) in [6.07, 6.45) is 0. The SMILES string of the molecule is Cc1ccc(Nc2cc(N(C)C)nc(N3CCN(c4ccccc4[ClH+])CC3)n2)cc1. The second kappa shape index (κ2) is 8.79. The van der Waals surface area contributed by atoms with Gasteiger partial charge in [0.05, 0.1) is 0 Å². The minimum atomic E-state index is 0.752. The molecule has 1 aliphatic rings. The molecule has 2 aromatic carbocycles. The van der Waals surface area contributed by atoms with Gasteiger partial charge in [-0.1, -0.05) is 29.8 Å². The zero-order valence-corrected chi connectivity index (χ0v) is 18.5. The van der Waals surface area contributed by atoms with Gasteiger partial charge in [-0.05, 0) is 25.1 Å². The highest BCUT2D eigenvalue weighted by Crippen LogP contribution is 2.26. The Balaban J connectivity index is 1.53. The van der Waals surface area contributed by atoms with Gasteiger partial charge in [-0.15, -0.1) is 0 Å². The highest BCUT2D eigenvalue weighted by Gasteiger charge is 2.23. The maximum absolute atomic E-state index is 5.50. The summed E-state index contributed by atoms with van der Waals surface area (Å²) < 4.78 is 0. The van der Waals surface area contributed by atoms with Crippen molar-refractivity contribution in [1.82, 2.24) is 9.97 Å². The number of anilines is 5. The summed E-state index contributed by atoms with van der Waals surface area (Å²) in [4.78, 5) is 16.2. The van der Waals surface area contributed by atoms with Crippen LogP contribution in [0.2, 0.25) is 5.02 Å². The summed E-state index contributed by atoms with van der Waals surface area (Å²) in [5.74, 6) is 2.43. The van der Waals surface area contributed by atoms with Gasteiger partial charge < -0.3 is 20.0 Å². The number of halogens is 1. The van der Waals surface area contributed by atoms with Crippen molar-refractivity contribution in [3.8, 4) is 0 Å². The quantitative estimate of drug-likeness (QED) is 0.676. The summed E-state index contributed by atoms with van der Waals surface area (Å²) in [5, 5.41) is 4.32. The number of hydrogen-bond acceptors (Lipinski definition) is 6. The Morgan fingerprint density at radius 3 is 2.23 bits per heavy atom. The molecule has 0 aliphatic carbocycles. The van der Waals surface area contributed by atoms with Crippen LogP contribution in [0.25, 0.3) is 0 Å². The third kappa shape index (κ3) is 4.60. The van der Waals surface area contributed by atoms with Gasteiger partial charge in [0.15, 0.2) is 11.6 Å². The summed E-state index contributed by atoms with van der Waals surface area (Å²) in [6, 6.07) is 18.4. The van der Waals surface area contributed by atoms with Crippen LogP contribution < -0.4 is 20.0 Å². The third-order valence-corrected chi connectivity index (χ3v) is 5.60. The van der Waals surface area contributed by atoms with E-state index < -0.39 is 0 Å². The summed E-state index contributed by atoms with van der Waals surface area (Å²) in [5.41, 5.74) is 3.38. The fraction of sp³-hybridized carbons (Fsp3) is 0.304. The van der Waals surface area contributed by atoms with Gasteiger partial charge >= 0.3 is 0 Å². The van der Waals surface area contributed by atoms with Gasteiger partial charge in [-0.3, -0.25) is 0 Å². The molecule has 0 amide bonds. The number of hydrogen-bond donors (Lipinski definition) is 1. The molecule has 0 unspecified atom stereocenters. The van der Waals surface area contributed by atoms with Crippen LogP contribution in [0.4, 0.5) is 29.0 Å². The molecular formula is C23H28ClN6+. The van der Waals surface area contributed by atoms with Crippen molar-refractivity contribution in [1.29, 1.82) is 0 Å². The van der Waals surface area contributed by atoms with Crippen molar-refractivity contribution in [3.63, 3.8) is 0 Å². The van der Waals surface area contributed by atoms with E-state index in [0.717, 1.165) is 60.2 Å². The molecule has 2 heterocycles. The molecule has 7 heteroatoms. The van der Waals surface area contributed by atoms with E-state index in [9.17, 15) is 0 Å². The average Bonchev–Trinajstić information content (AvgIpc) is 2.76. The molecule has 1 aromatic heterocycles. The first-order valence-corrected chi connectivity index (χ1v) is 10.6. The fourth-order valence-corrected chi connectivity index (χ4v) is 3.78. The summed E-state index contributed by atoms with van der Waals surface area (Å²) >= 11 is 5.50. The monoisotopic (exact) mass is 423 g/mol. The molecule has 3 aromatic rings. The molecular weight excluding hydrogens is 396 g/mol. The lowest BCUT2D eigenvalue weighted by molar-refractivity contribution is -0.287. The summed E-state index contributed by atoms with van der Waals surface area (Å²) in [6.45, 7) is 5.57. The van der Waals surface area contributed by atoms with Crippen LogP contribution in [0.5, 0.6) is 0 Å². The van der Waals surface area contributed by atoms with E-state index in [0.29, 0.717) is 0 Å². The molecule has 0 radical (unpaired) electrons. The number of nitrogens with one attached hydrogen (secondary N) is 1. The van der Waals surface area contributed by atoms with Gasteiger partial charge in [0.25, 0.3) is 0 Å². The van der Waals surface area contributed by atoms with E-state index in [2.05, 4.69) is 52.4 Å². The Morgan fingerprint density at radius 1 is 0.900 bits per heavy atom. The molecule has 0 bridgehead atoms. The molecule has 6 nitrogen and oxygen atoms in total. The maximum atomic E-state index is 5.50. The molecule has 1 aliphatic heterocycles. The Labute approximate surface area is 183 Å². The van der Waals surface area contributed by atoms with Gasteiger partial charge in [-0.2, -0.15) is 9.97 Å². The van der Waals surface area contributed by atoms with E-state index in [1.807, 2.05) is 43.3 Å². The molecule has 1 fully saturated rings. The van der Waals surface area contributed by atoms with Crippen molar-refractivity contribution in [2.45, 2.75) is 6.92 Å². The molecule has 1 N–H and O–H groups in total. The Kier molecular flexibility index (Phi) is 5.95. The lowest BCUT2D eigenvalue weighted by Crippen LogP contribution is -2.47. The Morgan fingerprint density at radius 2 is 1.57 bits per heavy atom. The number of piperazine rings is 1. The van der Waals surface area contributed by atoms with Crippen LogP contribution in [-0.2, 0) is 0 Å². The van der Waals surface area contributed by atoms with Crippen LogP contribution in [0.15, 0.2) is 54.6 Å². The predicted molar refractivity (Wildman–Crippen MR) is 122 cm³/mol. The number of rotatable bonds is 5. The topological polar surface area (TPSA) is 47.5 Å². The highest BCUT2D eigenvalue weighted by molar-refractivity contribution is 5.62. The zero-order chi connectivity index (χ0) is 21.1. The number of benzene rings is 2. The minimum absolute atomic E-state index is 0.752. The van der Waals surface area contributed by atoms with E-state index >= 15 is 0 Å². The minimum Gasteiger partial charge on any atom is -0.363 e. The second-order valence-electron chi connectivity index (χ2n) is 7.74. The van der Waals surface area contributed by atoms with Crippen molar-refractivity contribution in [3.05, 3.63) is 65.2 Å². The average molecular weight is 424 g/mol. The molecule has 0 saturated carbocycles. The third-order valence-electron chi connectivity index (χ3n) is 5.25. The standard InChI is InChI=1S/C23H28ClN6/c1-17-8-10-18(11-9-17)25-21-16-22(28(2)3)27-23(26-21)30-14-12-29(13-15-30)20-7-5-4-6-19(20)24/h4-11,16,24H,12-15H2,1-3H3,(H,25,26,27)/q+1. The first kappa shape index (κ1) is 20.3. The number of nitrogens with zero attached hydrogens (tertiary/aromatic N) is 5. The molecule has 4 rings (SSSR count). The van der Waals surface area contributed by atoms with Gasteiger partial charge in [0.1, 0.15) is 17.3 Å². The van der Waals surface area contributed by atoms with Gasteiger partial charge in [-0.25, -0.2) is 0 Å². The number of aryl methyl sites for hydroxylation is 1. The number of aromatic nitrogens is 2. The van der Waals surface area contributed by atoms with Gasteiger partial charge in [0.2, 0.25) is 11.0 Å². The maximum Gasteiger partial charge on any atom is 0.248 e. The van der Waals surface area contributed by atoms with Gasteiger partial charge in [0, 0.05) is 58.1 Å². The lowest BCUT2D eigenvalue weighted by Gasteiger charge is -2.36. The Bertz CT molecular complexity index is 997. The lowest BCUT2D eigenvalue weighted by atomic mass is 10.2. The normalized spacial score (nSPS) is 14.0. The van der Waals surface area contributed by atoms with Crippen molar-refractivity contribution in [2.24, 2.45) is 0 Å². The van der Waals surface area contributed by atoms with E-state index in [4.69, 9.17) is 21.6 Å². The van der Waals surface area contributed by atoms with Crippen molar-refractivity contribution >= 4 is 29.0 Å². The molecule has 0 spiro atoms. The van der Waals surface area contributed by atoms with Crippen LogP contribution >= 0.6 is 0 Å². The van der Waals surface area contributed by atoms with Crippen molar-refractivity contribution in [2.75, 3.05) is 60.3 Å². The number of para-hydroxylation sites is 1. The molecule has 1 saturated heterocycles. The summed E-state index contributed by atoms with van der Waals surface area (Å²) in [7, 11) is 4.00. The van der Waals surface area contributed by atoms with E-state index in [1.54, 1.807) is 0 Å². The highest BCUT2D eigenvalue weighted by atomic mass is 35.5. The van der Waals surface area contributed by atoms with Crippen LogP contribution in [0.3, 0.4) is 0 Å². The largest absolute Gasteiger partial charge is 0.363 e.